The summed E-state index contributed by atoms with van der Waals surface area (Å²) in [5.41, 5.74) is 6.76. The van der Waals surface area contributed by atoms with E-state index in [-0.39, 0.29) is 11.5 Å². The molecule has 0 aliphatic carbocycles. The summed E-state index contributed by atoms with van der Waals surface area (Å²) in [5, 5.41) is 0. The van der Waals surface area contributed by atoms with Crippen LogP contribution in [0, 0.1) is 0 Å². The smallest absolute Gasteiger partial charge is 0.251 e. The third-order valence-corrected chi connectivity index (χ3v) is 3.98. The molecule has 2 aromatic rings. The second-order valence-electron chi connectivity index (χ2n) is 6.19. The number of primary amides is 1. The van der Waals surface area contributed by atoms with Crippen molar-refractivity contribution in [2.45, 2.75) is 31.8 Å². The Morgan fingerprint density at radius 2 is 2.09 bits per heavy atom. The summed E-state index contributed by atoms with van der Waals surface area (Å²) in [6, 6.07) is 8.74. The zero-order valence-corrected chi connectivity index (χ0v) is 12.6. The molecule has 0 spiro atoms. The predicted octanol–water partition coefficient (Wildman–Crippen LogP) is 2.17. The van der Waals surface area contributed by atoms with Crippen LogP contribution in [0.3, 0.4) is 0 Å². The molecule has 5 nitrogen and oxygen atoms in total. The summed E-state index contributed by atoms with van der Waals surface area (Å²) < 4.78 is 5.98. The van der Waals surface area contributed by atoms with Gasteiger partial charge in [-0.1, -0.05) is 6.07 Å². The van der Waals surface area contributed by atoms with Crippen LogP contribution in [-0.4, -0.2) is 16.5 Å². The first kappa shape index (κ1) is 14.4. The van der Waals surface area contributed by atoms with E-state index < -0.39 is 11.5 Å². The molecule has 2 heterocycles. The highest BCUT2D eigenvalue weighted by molar-refractivity contribution is 5.93. The predicted molar refractivity (Wildman–Crippen MR) is 83.2 cm³/mol. The number of aromatic amines is 1. The molecule has 0 saturated carbocycles. The number of nitrogens with two attached hydrogens (primary N) is 1. The van der Waals surface area contributed by atoms with Crippen molar-refractivity contribution in [3.05, 3.63) is 63.6 Å². The van der Waals surface area contributed by atoms with Gasteiger partial charge in [-0.3, -0.25) is 9.59 Å². The molecule has 1 aliphatic rings. The third-order valence-electron chi connectivity index (χ3n) is 3.98. The first-order chi connectivity index (χ1) is 10.4. The van der Waals surface area contributed by atoms with Crippen LogP contribution in [0.15, 0.2) is 41.3 Å². The number of hydrogen-bond acceptors (Lipinski definition) is 3. The van der Waals surface area contributed by atoms with E-state index in [0.29, 0.717) is 23.3 Å². The lowest BCUT2D eigenvalue weighted by molar-refractivity contribution is 0.0772. The monoisotopic (exact) mass is 298 g/mol. The lowest BCUT2D eigenvalue weighted by Crippen LogP contribution is -2.36. The molecular weight excluding hydrogens is 280 g/mol. The molecule has 0 saturated heterocycles. The molecule has 1 unspecified atom stereocenters. The van der Waals surface area contributed by atoms with Crippen LogP contribution in [0.5, 0.6) is 5.75 Å². The van der Waals surface area contributed by atoms with Gasteiger partial charge in [0, 0.05) is 28.8 Å². The fraction of sp³-hybridized carbons (Fsp3) is 0.294. The third kappa shape index (κ3) is 2.50. The van der Waals surface area contributed by atoms with Crippen LogP contribution >= 0.6 is 0 Å². The van der Waals surface area contributed by atoms with E-state index in [1.807, 2.05) is 19.9 Å². The van der Waals surface area contributed by atoms with Crippen molar-refractivity contribution in [1.29, 1.82) is 0 Å². The Kier molecular flexibility index (Phi) is 3.28. The van der Waals surface area contributed by atoms with Crippen molar-refractivity contribution in [3.8, 4) is 5.75 Å². The van der Waals surface area contributed by atoms with E-state index in [9.17, 15) is 9.59 Å². The number of benzene rings is 1. The molecule has 0 fully saturated rings. The van der Waals surface area contributed by atoms with E-state index in [0.717, 1.165) is 5.56 Å². The molecule has 22 heavy (non-hydrogen) atoms. The lowest BCUT2D eigenvalue weighted by Gasteiger charge is -2.37. The number of amides is 1. The molecule has 1 atom stereocenters. The number of pyridine rings is 1. The molecule has 1 aliphatic heterocycles. The fourth-order valence-corrected chi connectivity index (χ4v) is 2.99. The maximum atomic E-state index is 12.2. The molecule has 5 heteroatoms. The van der Waals surface area contributed by atoms with E-state index in [1.165, 1.54) is 0 Å². The number of hydrogen-bond donors (Lipinski definition) is 2. The van der Waals surface area contributed by atoms with Crippen LogP contribution in [0.4, 0.5) is 0 Å². The van der Waals surface area contributed by atoms with E-state index in [4.69, 9.17) is 10.5 Å². The average molecular weight is 298 g/mol. The van der Waals surface area contributed by atoms with Gasteiger partial charge in [0.15, 0.2) is 0 Å². The van der Waals surface area contributed by atoms with Crippen LogP contribution in [0.25, 0.3) is 0 Å². The fourth-order valence-electron chi connectivity index (χ4n) is 2.99. The van der Waals surface area contributed by atoms with E-state index in [2.05, 4.69) is 4.98 Å². The van der Waals surface area contributed by atoms with Crippen molar-refractivity contribution in [2.75, 3.05) is 0 Å². The second kappa shape index (κ2) is 5.02. The number of ether oxygens (including phenoxy) is 1. The molecule has 0 bridgehead atoms. The van der Waals surface area contributed by atoms with Gasteiger partial charge in [0.1, 0.15) is 11.4 Å². The molecule has 3 rings (SSSR count). The van der Waals surface area contributed by atoms with Crippen molar-refractivity contribution in [1.82, 2.24) is 4.98 Å². The minimum Gasteiger partial charge on any atom is -0.488 e. The van der Waals surface area contributed by atoms with Gasteiger partial charge >= 0.3 is 0 Å². The standard InChI is InChI=1S/C17H18N2O3/c1-17(2)9-13(11-4-3-7-19-16(11)21)12-8-10(15(18)20)5-6-14(12)22-17/h3-8,13H,9H2,1-2H3,(H2,18,20)(H,19,21). The maximum absolute atomic E-state index is 12.2. The Balaban J connectivity index is 2.19. The zero-order valence-electron chi connectivity index (χ0n) is 12.6. The zero-order chi connectivity index (χ0) is 15.9. The topological polar surface area (TPSA) is 85.2 Å². The van der Waals surface area contributed by atoms with Gasteiger partial charge in [-0.25, -0.2) is 0 Å². The molecular formula is C17H18N2O3. The average Bonchev–Trinajstić information content (AvgIpc) is 2.45. The number of aromatic nitrogens is 1. The largest absolute Gasteiger partial charge is 0.488 e. The SMILES string of the molecule is CC1(C)CC(c2ccc[nH]c2=O)c2cc(C(N)=O)ccc2O1. The highest BCUT2D eigenvalue weighted by Crippen LogP contribution is 2.43. The van der Waals surface area contributed by atoms with Crippen molar-refractivity contribution >= 4 is 5.91 Å². The summed E-state index contributed by atoms with van der Waals surface area (Å²) in [7, 11) is 0. The Labute approximate surface area is 128 Å². The van der Waals surface area contributed by atoms with Gasteiger partial charge in [0.2, 0.25) is 5.91 Å². The quantitative estimate of drug-likeness (QED) is 0.891. The van der Waals surface area contributed by atoms with Gasteiger partial charge in [-0.05, 0) is 44.5 Å². The van der Waals surface area contributed by atoms with E-state index in [1.54, 1.807) is 30.5 Å². The normalized spacial score (nSPS) is 19.1. The van der Waals surface area contributed by atoms with Crippen LogP contribution in [-0.2, 0) is 0 Å². The van der Waals surface area contributed by atoms with Crippen molar-refractivity contribution in [2.24, 2.45) is 5.73 Å². The minimum absolute atomic E-state index is 0.124. The second-order valence-corrected chi connectivity index (χ2v) is 6.19. The Morgan fingerprint density at radius 1 is 1.32 bits per heavy atom. The highest BCUT2D eigenvalue weighted by Gasteiger charge is 2.35. The number of H-pyrrole nitrogens is 1. The van der Waals surface area contributed by atoms with Crippen LogP contribution in [0.1, 0.15) is 47.7 Å². The maximum Gasteiger partial charge on any atom is 0.251 e. The van der Waals surface area contributed by atoms with Gasteiger partial charge < -0.3 is 15.5 Å². The molecule has 3 N–H and O–H groups in total. The minimum atomic E-state index is -0.492. The lowest BCUT2D eigenvalue weighted by atomic mass is 9.80. The van der Waals surface area contributed by atoms with Crippen LogP contribution in [0.2, 0.25) is 0 Å². The van der Waals surface area contributed by atoms with Gasteiger partial charge in [-0.2, -0.15) is 0 Å². The number of nitrogens with one attached hydrogen (secondary N) is 1. The summed E-state index contributed by atoms with van der Waals surface area (Å²) >= 11 is 0. The first-order valence-electron chi connectivity index (χ1n) is 7.18. The Morgan fingerprint density at radius 3 is 2.77 bits per heavy atom. The number of carbonyl (C=O) groups is 1. The molecule has 1 aromatic carbocycles. The molecule has 1 aromatic heterocycles. The van der Waals surface area contributed by atoms with E-state index >= 15 is 0 Å². The van der Waals surface area contributed by atoms with Gasteiger partial charge in [-0.15, -0.1) is 0 Å². The summed E-state index contributed by atoms with van der Waals surface area (Å²) in [4.78, 5) is 26.3. The molecule has 1 amide bonds. The first-order valence-corrected chi connectivity index (χ1v) is 7.18. The van der Waals surface area contributed by atoms with Gasteiger partial charge in [0.25, 0.3) is 5.56 Å². The number of rotatable bonds is 2. The van der Waals surface area contributed by atoms with Crippen molar-refractivity contribution in [3.63, 3.8) is 0 Å². The van der Waals surface area contributed by atoms with Crippen molar-refractivity contribution < 1.29 is 9.53 Å². The number of fused-ring (bicyclic) bond motifs is 1. The number of carbonyl (C=O) groups excluding carboxylic acids is 1. The highest BCUT2D eigenvalue weighted by atomic mass is 16.5. The summed E-state index contributed by atoms with van der Waals surface area (Å²) in [6.45, 7) is 3.98. The van der Waals surface area contributed by atoms with Gasteiger partial charge in [0.05, 0.1) is 0 Å². The summed E-state index contributed by atoms with van der Waals surface area (Å²) in [6.07, 6.45) is 2.26. The molecule has 0 radical (unpaired) electrons. The Hall–Kier alpha value is -2.56. The summed E-state index contributed by atoms with van der Waals surface area (Å²) in [5.74, 6) is 0.0610. The Bertz CT molecular complexity index is 792. The molecule has 114 valence electrons. The van der Waals surface area contributed by atoms with Crippen LogP contribution < -0.4 is 16.0 Å².